The molecule has 6 nitrogen and oxygen atoms in total. The highest BCUT2D eigenvalue weighted by Gasteiger charge is 2.45. The average Bonchev–Trinajstić information content (AvgIpc) is 2.17. The average molecular weight is 270 g/mol. The molecular weight excluding hydrogens is 252 g/mol. The number of nitrogens with zero attached hydrogens (tertiary/aromatic N) is 1. The first kappa shape index (κ1) is 14.2. The summed E-state index contributed by atoms with van der Waals surface area (Å²) >= 11 is 0. The summed E-state index contributed by atoms with van der Waals surface area (Å²) in [6.07, 6.45) is 3.44. The van der Waals surface area contributed by atoms with E-state index < -0.39 is 21.0 Å². The highest BCUT2D eigenvalue weighted by atomic mass is 31.2. The van der Waals surface area contributed by atoms with Crippen LogP contribution in [0.2, 0.25) is 0 Å². The molecule has 0 aromatic rings. The molecular formula is C8H18NO5P2+. The van der Waals surface area contributed by atoms with E-state index in [-0.39, 0.29) is 6.42 Å². The Morgan fingerprint density at radius 3 is 2.25 bits per heavy atom. The van der Waals surface area contributed by atoms with Crippen molar-refractivity contribution in [3.8, 4) is 0 Å². The summed E-state index contributed by atoms with van der Waals surface area (Å²) in [5, 5.41) is -1.41. The van der Waals surface area contributed by atoms with Gasteiger partial charge in [0.2, 0.25) is 0 Å². The van der Waals surface area contributed by atoms with E-state index in [0.29, 0.717) is 6.54 Å². The molecule has 0 aromatic carbocycles. The van der Waals surface area contributed by atoms with Crippen LogP contribution in [0.15, 0.2) is 0 Å². The topological polar surface area (TPSA) is 98.1 Å². The molecule has 2 atom stereocenters. The molecule has 0 bridgehead atoms. The van der Waals surface area contributed by atoms with Crippen molar-refractivity contribution in [1.82, 2.24) is 4.90 Å². The molecule has 0 spiro atoms. The highest BCUT2D eigenvalue weighted by molar-refractivity contribution is 7.65. The van der Waals surface area contributed by atoms with Crippen molar-refractivity contribution in [2.45, 2.75) is 31.1 Å². The van der Waals surface area contributed by atoms with Crippen molar-refractivity contribution in [2.24, 2.45) is 0 Å². The quantitative estimate of drug-likeness (QED) is 0.647. The van der Waals surface area contributed by atoms with Crippen LogP contribution in [0.5, 0.6) is 0 Å². The summed E-state index contributed by atoms with van der Waals surface area (Å²) in [6, 6.07) is 0. The lowest BCUT2D eigenvalue weighted by atomic mass is 10.1. The maximum atomic E-state index is 11.0. The molecule has 1 aliphatic rings. The maximum absolute atomic E-state index is 11.0. The fraction of sp³-hybridized carbons (Fsp3) is 1.00. The molecule has 16 heavy (non-hydrogen) atoms. The van der Waals surface area contributed by atoms with Crippen LogP contribution in [0, 0.1) is 0 Å². The predicted molar refractivity (Wildman–Crippen MR) is 60.6 cm³/mol. The molecule has 1 rings (SSSR count). The lowest BCUT2D eigenvalue weighted by Crippen LogP contribution is -2.31. The molecule has 1 aliphatic heterocycles. The third-order valence-electron chi connectivity index (χ3n) is 2.80. The van der Waals surface area contributed by atoms with Crippen molar-refractivity contribution >= 4 is 15.6 Å². The molecule has 1 fully saturated rings. The molecule has 1 saturated heterocycles. The third-order valence-corrected chi connectivity index (χ3v) is 6.09. The highest BCUT2D eigenvalue weighted by Crippen LogP contribution is 2.53. The Balaban J connectivity index is 2.43. The van der Waals surface area contributed by atoms with Crippen molar-refractivity contribution < 1.29 is 23.8 Å². The van der Waals surface area contributed by atoms with Crippen molar-refractivity contribution in [2.75, 3.05) is 19.6 Å². The first-order valence-electron chi connectivity index (χ1n) is 5.34. The Bertz CT molecular complexity index is 286. The Morgan fingerprint density at radius 2 is 1.81 bits per heavy atom. The first-order valence-corrected chi connectivity index (χ1v) is 8.30. The molecule has 3 N–H and O–H groups in total. The van der Waals surface area contributed by atoms with Crippen LogP contribution in [0.1, 0.15) is 25.7 Å². The van der Waals surface area contributed by atoms with Gasteiger partial charge in [-0.2, -0.15) is 4.89 Å². The third kappa shape index (κ3) is 4.58. The largest absolute Gasteiger partial charge is 0.521 e. The molecule has 0 aromatic heterocycles. The second kappa shape index (κ2) is 6.20. The molecule has 0 amide bonds. The van der Waals surface area contributed by atoms with Crippen molar-refractivity contribution in [3.63, 3.8) is 0 Å². The molecule has 0 radical (unpaired) electrons. The summed E-state index contributed by atoms with van der Waals surface area (Å²) < 4.78 is 21.8. The number of piperidine rings is 1. The number of hydrogen-bond donors (Lipinski definition) is 3. The van der Waals surface area contributed by atoms with Gasteiger partial charge in [-0.25, -0.2) is 0 Å². The Kier molecular flexibility index (Phi) is 5.51. The van der Waals surface area contributed by atoms with Crippen LogP contribution in [0.25, 0.3) is 0 Å². The monoisotopic (exact) mass is 270 g/mol. The fourth-order valence-electron chi connectivity index (χ4n) is 1.89. The van der Waals surface area contributed by atoms with Crippen LogP contribution in [0.3, 0.4) is 0 Å². The van der Waals surface area contributed by atoms with E-state index in [9.17, 15) is 9.13 Å². The van der Waals surface area contributed by atoms with Gasteiger partial charge in [0.1, 0.15) is 0 Å². The van der Waals surface area contributed by atoms with Gasteiger partial charge >= 0.3 is 15.6 Å². The van der Waals surface area contributed by atoms with E-state index >= 15 is 0 Å². The summed E-state index contributed by atoms with van der Waals surface area (Å²) in [7, 11) is -7.28. The molecule has 1 heterocycles. The summed E-state index contributed by atoms with van der Waals surface area (Å²) in [5.74, 6) is 0. The van der Waals surface area contributed by atoms with E-state index in [1.165, 1.54) is 6.42 Å². The zero-order valence-corrected chi connectivity index (χ0v) is 10.8. The van der Waals surface area contributed by atoms with Gasteiger partial charge in [-0.05, 0) is 30.5 Å². The smallest absolute Gasteiger partial charge is 0.321 e. The van der Waals surface area contributed by atoms with Gasteiger partial charge < -0.3 is 14.7 Å². The Hall–Kier alpha value is 0.170. The van der Waals surface area contributed by atoms with Crippen LogP contribution < -0.4 is 0 Å². The summed E-state index contributed by atoms with van der Waals surface area (Å²) in [4.78, 5) is 28.8. The maximum Gasteiger partial charge on any atom is 0.521 e. The van der Waals surface area contributed by atoms with E-state index in [2.05, 4.69) is 4.90 Å². The second-order valence-corrected chi connectivity index (χ2v) is 7.50. The Labute approximate surface area is 95.7 Å². The summed E-state index contributed by atoms with van der Waals surface area (Å²) in [5.41, 5.74) is 0. The molecule has 0 aliphatic carbocycles. The fourth-order valence-corrected chi connectivity index (χ4v) is 3.71. The number of likely N-dealkylation sites (tertiary alicyclic amines) is 1. The zero-order valence-electron chi connectivity index (χ0n) is 9.03. The van der Waals surface area contributed by atoms with E-state index in [1.54, 1.807) is 0 Å². The van der Waals surface area contributed by atoms with E-state index in [0.717, 1.165) is 25.9 Å². The minimum atomic E-state index is -4.46. The first-order chi connectivity index (χ1) is 7.41. The normalized spacial score (nSPS) is 21.8. The predicted octanol–water partition coefficient (Wildman–Crippen LogP) is 1.10. The van der Waals surface area contributed by atoms with Gasteiger partial charge in [0.05, 0.1) is 0 Å². The minimum absolute atomic E-state index is 0.0793. The van der Waals surface area contributed by atoms with Gasteiger partial charge in [-0.3, -0.25) is 4.57 Å². The lowest BCUT2D eigenvalue weighted by Gasteiger charge is -2.26. The molecule has 2 unspecified atom stereocenters. The lowest BCUT2D eigenvalue weighted by molar-refractivity contribution is 0.225. The van der Waals surface area contributed by atoms with Crippen LogP contribution >= 0.6 is 15.6 Å². The number of hydrogen-bond acceptors (Lipinski definition) is 3. The van der Waals surface area contributed by atoms with E-state index in [4.69, 9.17) is 14.7 Å². The van der Waals surface area contributed by atoms with Gasteiger partial charge in [-0.1, -0.05) is 6.42 Å². The molecule has 94 valence electrons. The SMILES string of the molecule is O=[P+](O)C(CCN1CCCCC1)P(=O)(O)O. The van der Waals surface area contributed by atoms with Crippen LogP contribution in [-0.2, 0) is 9.13 Å². The van der Waals surface area contributed by atoms with Crippen LogP contribution in [0.4, 0.5) is 0 Å². The standard InChI is InChI=1S/C8H17NO5P2/c10-15(11)8(16(12,13)14)4-7-9-5-2-1-3-6-9/h8H,1-7H2,(H2-,10,11,12,13,14)/p+1. The van der Waals surface area contributed by atoms with Gasteiger partial charge in [0, 0.05) is 13.0 Å². The van der Waals surface area contributed by atoms with E-state index in [1.807, 2.05) is 0 Å². The van der Waals surface area contributed by atoms with Crippen molar-refractivity contribution in [1.29, 1.82) is 0 Å². The van der Waals surface area contributed by atoms with Gasteiger partial charge in [-0.15, -0.1) is 0 Å². The Morgan fingerprint density at radius 1 is 1.25 bits per heavy atom. The van der Waals surface area contributed by atoms with Gasteiger partial charge in [0.25, 0.3) is 5.40 Å². The number of rotatable bonds is 5. The van der Waals surface area contributed by atoms with Crippen molar-refractivity contribution in [3.05, 3.63) is 0 Å². The molecule has 8 heteroatoms. The van der Waals surface area contributed by atoms with Gasteiger partial charge in [0.15, 0.2) is 0 Å². The second-order valence-electron chi connectivity index (χ2n) is 4.06. The zero-order chi connectivity index (χ0) is 12.2. The summed E-state index contributed by atoms with van der Waals surface area (Å²) in [6.45, 7) is 2.31. The van der Waals surface area contributed by atoms with Crippen LogP contribution in [-0.4, -0.2) is 44.6 Å². The molecule has 0 saturated carbocycles. The minimum Gasteiger partial charge on any atom is -0.321 e.